The number of nitrogens with two attached hydrogens (primary N) is 1. The highest BCUT2D eigenvalue weighted by molar-refractivity contribution is 5.87. The summed E-state index contributed by atoms with van der Waals surface area (Å²) in [4.78, 5) is 23.6. The van der Waals surface area contributed by atoms with Gasteiger partial charge in [-0.2, -0.15) is 0 Å². The summed E-state index contributed by atoms with van der Waals surface area (Å²) in [7, 11) is 1.59. The highest BCUT2D eigenvalue weighted by Crippen LogP contribution is 2.15. The van der Waals surface area contributed by atoms with Crippen molar-refractivity contribution in [1.29, 1.82) is 0 Å². The zero-order valence-electron chi connectivity index (χ0n) is 12.0. The molecule has 1 aromatic carbocycles. The molecule has 1 fully saturated rings. The first-order valence-electron chi connectivity index (χ1n) is 6.90. The van der Waals surface area contributed by atoms with E-state index < -0.39 is 11.9 Å². The van der Waals surface area contributed by atoms with E-state index in [9.17, 15) is 9.59 Å². The van der Waals surface area contributed by atoms with E-state index in [4.69, 9.17) is 15.2 Å². The third kappa shape index (κ3) is 4.19. The summed E-state index contributed by atoms with van der Waals surface area (Å²) in [5.74, 6) is -0.174. The van der Waals surface area contributed by atoms with Crippen LogP contribution in [0.3, 0.4) is 0 Å². The van der Waals surface area contributed by atoms with Crippen molar-refractivity contribution in [2.45, 2.75) is 18.9 Å². The van der Waals surface area contributed by atoms with Crippen LogP contribution < -0.4 is 15.8 Å². The topological polar surface area (TPSA) is 90.7 Å². The first-order valence-corrected chi connectivity index (χ1v) is 6.90. The summed E-state index contributed by atoms with van der Waals surface area (Å²) >= 11 is 0. The van der Waals surface area contributed by atoms with Gasteiger partial charge in [0.25, 0.3) is 0 Å². The summed E-state index contributed by atoms with van der Waals surface area (Å²) in [6.45, 7) is 0.984. The minimum absolute atomic E-state index is 0.176. The van der Waals surface area contributed by atoms with Crippen molar-refractivity contribution in [3.8, 4) is 5.75 Å². The Morgan fingerprint density at radius 3 is 2.67 bits per heavy atom. The molecule has 2 rings (SSSR count). The lowest BCUT2D eigenvalue weighted by Gasteiger charge is -2.18. The fraction of sp³-hybridized carbons (Fsp3) is 0.467. The second kappa shape index (κ2) is 7.08. The van der Waals surface area contributed by atoms with Crippen LogP contribution in [0.1, 0.15) is 12.0 Å². The van der Waals surface area contributed by atoms with Crippen LogP contribution >= 0.6 is 0 Å². The van der Waals surface area contributed by atoms with E-state index in [0.717, 1.165) is 11.3 Å². The lowest BCUT2D eigenvalue weighted by atomic mass is 10.0. The average molecular weight is 292 g/mol. The van der Waals surface area contributed by atoms with Gasteiger partial charge in [-0.15, -0.1) is 0 Å². The second-order valence-corrected chi connectivity index (χ2v) is 5.08. The molecule has 6 nitrogen and oxygen atoms in total. The maximum atomic E-state index is 12.0. The SMILES string of the molecule is COc1ccc(C[C@H](NC(=O)[C@@H]2CCOC2)C(N)=O)cc1. The lowest BCUT2D eigenvalue weighted by Crippen LogP contribution is -2.48. The molecule has 0 saturated carbocycles. The van der Waals surface area contributed by atoms with E-state index in [0.29, 0.717) is 26.1 Å². The average Bonchev–Trinajstić information content (AvgIpc) is 3.01. The maximum Gasteiger partial charge on any atom is 0.240 e. The van der Waals surface area contributed by atoms with Gasteiger partial charge in [-0.1, -0.05) is 12.1 Å². The number of hydrogen-bond donors (Lipinski definition) is 2. The van der Waals surface area contributed by atoms with Gasteiger partial charge < -0.3 is 20.5 Å². The normalized spacial score (nSPS) is 19.0. The Hall–Kier alpha value is -2.08. The molecular weight excluding hydrogens is 272 g/mol. The van der Waals surface area contributed by atoms with E-state index in [1.165, 1.54) is 0 Å². The highest BCUT2D eigenvalue weighted by Gasteiger charge is 2.27. The number of primary amides is 1. The fourth-order valence-electron chi connectivity index (χ4n) is 2.25. The van der Waals surface area contributed by atoms with Crippen LogP contribution in [0.25, 0.3) is 0 Å². The van der Waals surface area contributed by atoms with Crippen LogP contribution in [0.5, 0.6) is 5.75 Å². The Kier molecular flexibility index (Phi) is 5.16. The van der Waals surface area contributed by atoms with E-state index in [-0.39, 0.29) is 11.8 Å². The number of carbonyl (C=O) groups excluding carboxylic acids is 2. The summed E-state index contributed by atoms with van der Waals surface area (Å²) in [5, 5.41) is 2.71. The van der Waals surface area contributed by atoms with Crippen molar-refractivity contribution in [3.05, 3.63) is 29.8 Å². The van der Waals surface area contributed by atoms with Gasteiger partial charge in [0.1, 0.15) is 11.8 Å². The lowest BCUT2D eigenvalue weighted by molar-refractivity contribution is -0.129. The minimum atomic E-state index is -0.716. The number of benzene rings is 1. The van der Waals surface area contributed by atoms with Crippen LogP contribution in [0, 0.1) is 5.92 Å². The van der Waals surface area contributed by atoms with Gasteiger partial charge in [0.15, 0.2) is 0 Å². The Labute approximate surface area is 123 Å². The van der Waals surface area contributed by atoms with Crippen molar-refractivity contribution >= 4 is 11.8 Å². The third-order valence-corrected chi connectivity index (χ3v) is 3.56. The zero-order chi connectivity index (χ0) is 15.2. The molecule has 0 radical (unpaired) electrons. The molecule has 0 aliphatic carbocycles. The molecule has 114 valence electrons. The molecule has 1 heterocycles. The molecule has 6 heteroatoms. The molecule has 1 aliphatic rings. The molecule has 0 bridgehead atoms. The number of nitrogens with one attached hydrogen (secondary N) is 1. The summed E-state index contributed by atoms with van der Waals surface area (Å²) in [6.07, 6.45) is 1.04. The number of amides is 2. The zero-order valence-corrected chi connectivity index (χ0v) is 12.0. The van der Waals surface area contributed by atoms with Crippen molar-refractivity contribution < 1.29 is 19.1 Å². The van der Waals surface area contributed by atoms with E-state index in [1.54, 1.807) is 19.2 Å². The molecule has 0 unspecified atom stereocenters. The van der Waals surface area contributed by atoms with E-state index in [1.807, 2.05) is 12.1 Å². The highest BCUT2D eigenvalue weighted by atomic mass is 16.5. The van der Waals surface area contributed by atoms with Gasteiger partial charge in [-0.3, -0.25) is 9.59 Å². The molecule has 0 spiro atoms. The molecule has 2 atom stereocenters. The van der Waals surface area contributed by atoms with Crippen LogP contribution in [-0.2, 0) is 20.7 Å². The summed E-state index contributed by atoms with van der Waals surface area (Å²) in [6, 6.07) is 6.59. The van der Waals surface area contributed by atoms with Gasteiger partial charge in [-0.05, 0) is 24.1 Å². The van der Waals surface area contributed by atoms with Gasteiger partial charge in [0.2, 0.25) is 11.8 Å². The molecule has 1 aromatic rings. The predicted octanol–water partition coefficient (Wildman–Crippen LogP) is 0.244. The molecule has 1 saturated heterocycles. The quantitative estimate of drug-likeness (QED) is 0.786. The van der Waals surface area contributed by atoms with Crippen LogP contribution in [-0.4, -0.2) is 38.2 Å². The van der Waals surface area contributed by atoms with Gasteiger partial charge in [0.05, 0.1) is 19.6 Å². The standard InChI is InChI=1S/C15H20N2O4/c1-20-12-4-2-10(3-5-12)8-13(14(16)18)17-15(19)11-6-7-21-9-11/h2-5,11,13H,6-9H2,1H3,(H2,16,18)(H,17,19)/t11-,13+/m1/s1. The summed E-state index contributed by atoms with van der Waals surface area (Å²) in [5.41, 5.74) is 6.28. The monoisotopic (exact) mass is 292 g/mol. The Bertz CT molecular complexity index is 495. The molecule has 3 N–H and O–H groups in total. The van der Waals surface area contributed by atoms with Crippen molar-refractivity contribution in [2.75, 3.05) is 20.3 Å². The minimum Gasteiger partial charge on any atom is -0.497 e. The van der Waals surface area contributed by atoms with Gasteiger partial charge in [0, 0.05) is 13.0 Å². The molecule has 0 aromatic heterocycles. The van der Waals surface area contributed by atoms with Crippen LogP contribution in [0.2, 0.25) is 0 Å². The first-order chi connectivity index (χ1) is 10.1. The van der Waals surface area contributed by atoms with E-state index in [2.05, 4.69) is 5.32 Å². The predicted molar refractivity (Wildman–Crippen MR) is 76.7 cm³/mol. The Morgan fingerprint density at radius 1 is 1.43 bits per heavy atom. The molecular formula is C15H20N2O4. The second-order valence-electron chi connectivity index (χ2n) is 5.08. The Balaban J connectivity index is 1.97. The van der Waals surface area contributed by atoms with Crippen LogP contribution in [0.15, 0.2) is 24.3 Å². The van der Waals surface area contributed by atoms with Crippen molar-refractivity contribution in [2.24, 2.45) is 11.7 Å². The first kappa shape index (κ1) is 15.3. The molecule has 2 amide bonds. The molecule has 21 heavy (non-hydrogen) atoms. The maximum absolute atomic E-state index is 12.0. The fourth-order valence-corrected chi connectivity index (χ4v) is 2.25. The van der Waals surface area contributed by atoms with Gasteiger partial charge in [-0.25, -0.2) is 0 Å². The van der Waals surface area contributed by atoms with Crippen LogP contribution in [0.4, 0.5) is 0 Å². The van der Waals surface area contributed by atoms with Crippen molar-refractivity contribution in [3.63, 3.8) is 0 Å². The number of ether oxygens (including phenoxy) is 2. The van der Waals surface area contributed by atoms with E-state index >= 15 is 0 Å². The number of rotatable bonds is 6. The number of hydrogen-bond acceptors (Lipinski definition) is 4. The Morgan fingerprint density at radius 2 is 2.14 bits per heavy atom. The third-order valence-electron chi connectivity index (χ3n) is 3.56. The van der Waals surface area contributed by atoms with Gasteiger partial charge >= 0.3 is 0 Å². The van der Waals surface area contributed by atoms with Crippen molar-refractivity contribution in [1.82, 2.24) is 5.32 Å². The number of methoxy groups -OCH3 is 1. The molecule has 1 aliphatic heterocycles. The number of carbonyl (C=O) groups is 2. The smallest absolute Gasteiger partial charge is 0.240 e. The summed E-state index contributed by atoms with van der Waals surface area (Å²) < 4.78 is 10.3. The largest absolute Gasteiger partial charge is 0.497 e.